The summed E-state index contributed by atoms with van der Waals surface area (Å²) in [4.78, 5) is 3.97. The molecule has 2 aromatic rings. The summed E-state index contributed by atoms with van der Waals surface area (Å²) in [5.41, 5.74) is 9.80. The van der Waals surface area contributed by atoms with E-state index in [1.807, 2.05) is 6.07 Å². The standard InChI is InChI=1S/C14H14BrN3O/c15-11-5-9-2-4-19-14(9)10(6-11)7-18-13-1-3-17-8-12(13)16/h1,3,5-6,8H,2,4,7,16H2,(H,17,18). The number of aromatic nitrogens is 1. The molecule has 1 aromatic carbocycles. The van der Waals surface area contributed by atoms with Crippen LogP contribution < -0.4 is 15.8 Å². The van der Waals surface area contributed by atoms with E-state index in [1.165, 1.54) is 5.56 Å². The van der Waals surface area contributed by atoms with Crippen LogP contribution in [0, 0.1) is 0 Å². The summed E-state index contributed by atoms with van der Waals surface area (Å²) in [6.45, 7) is 1.44. The lowest BCUT2D eigenvalue weighted by molar-refractivity contribution is 0.354. The molecular weight excluding hydrogens is 306 g/mol. The molecule has 0 fully saturated rings. The number of nitrogens with zero attached hydrogens (tertiary/aromatic N) is 1. The maximum atomic E-state index is 5.86. The minimum atomic E-state index is 0.648. The van der Waals surface area contributed by atoms with E-state index < -0.39 is 0 Å². The largest absolute Gasteiger partial charge is 0.493 e. The molecule has 4 nitrogen and oxygen atoms in total. The van der Waals surface area contributed by atoms with Crippen LogP contribution in [0.2, 0.25) is 0 Å². The van der Waals surface area contributed by atoms with Crippen LogP contribution in [0.1, 0.15) is 11.1 Å². The second-order valence-corrected chi connectivity index (χ2v) is 5.38. The normalized spacial score (nSPS) is 12.9. The van der Waals surface area contributed by atoms with Crippen LogP contribution in [0.4, 0.5) is 11.4 Å². The Morgan fingerprint density at radius 2 is 2.32 bits per heavy atom. The Balaban J connectivity index is 1.83. The second-order valence-electron chi connectivity index (χ2n) is 4.47. The molecule has 3 rings (SSSR count). The number of hydrogen-bond acceptors (Lipinski definition) is 4. The number of halogens is 1. The van der Waals surface area contributed by atoms with Crippen molar-refractivity contribution in [2.24, 2.45) is 0 Å². The van der Waals surface area contributed by atoms with E-state index in [9.17, 15) is 0 Å². The van der Waals surface area contributed by atoms with Crippen molar-refractivity contribution in [1.82, 2.24) is 4.98 Å². The molecule has 1 aliphatic heterocycles. The van der Waals surface area contributed by atoms with Crippen LogP contribution in [0.5, 0.6) is 5.75 Å². The van der Waals surface area contributed by atoms with Gasteiger partial charge >= 0.3 is 0 Å². The summed E-state index contributed by atoms with van der Waals surface area (Å²) in [6.07, 6.45) is 4.34. The van der Waals surface area contributed by atoms with Gasteiger partial charge in [-0.3, -0.25) is 4.98 Å². The first-order chi connectivity index (χ1) is 9.24. The summed E-state index contributed by atoms with van der Waals surface area (Å²) in [5.74, 6) is 1.00. The first-order valence-electron chi connectivity index (χ1n) is 6.11. The quantitative estimate of drug-likeness (QED) is 0.913. The number of pyridine rings is 1. The van der Waals surface area contributed by atoms with Crippen molar-refractivity contribution in [1.29, 1.82) is 0 Å². The highest BCUT2D eigenvalue weighted by atomic mass is 79.9. The first-order valence-corrected chi connectivity index (χ1v) is 6.91. The number of fused-ring (bicyclic) bond motifs is 1. The molecule has 2 heterocycles. The van der Waals surface area contributed by atoms with Gasteiger partial charge in [-0.1, -0.05) is 15.9 Å². The van der Waals surface area contributed by atoms with Crippen LogP contribution in [-0.2, 0) is 13.0 Å². The molecule has 19 heavy (non-hydrogen) atoms. The Hall–Kier alpha value is -1.75. The molecule has 0 saturated carbocycles. The number of rotatable bonds is 3. The molecule has 0 bridgehead atoms. The fraction of sp³-hybridized carbons (Fsp3) is 0.214. The minimum absolute atomic E-state index is 0.648. The van der Waals surface area contributed by atoms with Gasteiger partial charge in [0.25, 0.3) is 0 Å². The number of nitrogens with two attached hydrogens (primary N) is 1. The molecular formula is C14H14BrN3O. The van der Waals surface area contributed by atoms with E-state index >= 15 is 0 Å². The number of nitrogen functional groups attached to an aromatic ring is 1. The summed E-state index contributed by atoms with van der Waals surface area (Å²) < 4.78 is 6.78. The lowest BCUT2D eigenvalue weighted by Gasteiger charge is -2.12. The van der Waals surface area contributed by atoms with Crippen LogP contribution in [0.25, 0.3) is 0 Å². The lowest BCUT2D eigenvalue weighted by atomic mass is 10.1. The molecule has 0 unspecified atom stereocenters. The van der Waals surface area contributed by atoms with Gasteiger partial charge in [0, 0.05) is 29.2 Å². The van der Waals surface area contributed by atoms with Gasteiger partial charge in [0.15, 0.2) is 0 Å². The van der Waals surface area contributed by atoms with Crippen molar-refractivity contribution in [2.45, 2.75) is 13.0 Å². The fourth-order valence-corrected chi connectivity index (χ4v) is 2.79. The Bertz CT molecular complexity index is 616. The van der Waals surface area contributed by atoms with Crippen molar-refractivity contribution < 1.29 is 4.74 Å². The van der Waals surface area contributed by atoms with E-state index in [-0.39, 0.29) is 0 Å². The Kier molecular flexibility index (Phi) is 3.29. The molecule has 0 atom stereocenters. The van der Waals surface area contributed by atoms with E-state index in [0.29, 0.717) is 12.2 Å². The summed E-state index contributed by atoms with van der Waals surface area (Å²) in [7, 11) is 0. The zero-order valence-electron chi connectivity index (χ0n) is 10.3. The predicted octanol–water partition coefficient (Wildman–Crippen LogP) is 2.97. The lowest BCUT2D eigenvalue weighted by Crippen LogP contribution is -2.04. The van der Waals surface area contributed by atoms with Gasteiger partial charge in [-0.2, -0.15) is 0 Å². The van der Waals surface area contributed by atoms with Gasteiger partial charge < -0.3 is 15.8 Å². The Morgan fingerprint density at radius 1 is 1.42 bits per heavy atom. The van der Waals surface area contributed by atoms with Crippen molar-refractivity contribution in [2.75, 3.05) is 17.7 Å². The Labute approximate surface area is 120 Å². The Morgan fingerprint density at radius 3 is 3.16 bits per heavy atom. The average Bonchev–Trinajstić information content (AvgIpc) is 2.85. The van der Waals surface area contributed by atoms with Gasteiger partial charge in [-0.05, 0) is 23.8 Å². The van der Waals surface area contributed by atoms with Gasteiger partial charge in [-0.25, -0.2) is 0 Å². The predicted molar refractivity (Wildman–Crippen MR) is 79.3 cm³/mol. The van der Waals surface area contributed by atoms with Crippen LogP contribution in [0.3, 0.4) is 0 Å². The monoisotopic (exact) mass is 319 g/mol. The topological polar surface area (TPSA) is 60.2 Å². The maximum absolute atomic E-state index is 5.86. The summed E-state index contributed by atoms with van der Waals surface area (Å²) in [5, 5.41) is 3.32. The number of benzene rings is 1. The van der Waals surface area contributed by atoms with E-state index in [2.05, 4.69) is 38.4 Å². The van der Waals surface area contributed by atoms with E-state index in [0.717, 1.165) is 34.5 Å². The third-order valence-corrected chi connectivity index (χ3v) is 3.60. The molecule has 3 N–H and O–H groups in total. The van der Waals surface area contributed by atoms with Gasteiger partial charge in [-0.15, -0.1) is 0 Å². The zero-order chi connectivity index (χ0) is 13.2. The van der Waals surface area contributed by atoms with Gasteiger partial charge in [0.05, 0.1) is 24.2 Å². The average molecular weight is 320 g/mol. The number of anilines is 2. The van der Waals surface area contributed by atoms with Crippen LogP contribution in [-0.4, -0.2) is 11.6 Å². The van der Waals surface area contributed by atoms with E-state index in [4.69, 9.17) is 10.5 Å². The molecule has 5 heteroatoms. The summed E-state index contributed by atoms with van der Waals surface area (Å²) in [6, 6.07) is 6.07. The van der Waals surface area contributed by atoms with Crippen molar-refractivity contribution in [3.8, 4) is 5.75 Å². The van der Waals surface area contributed by atoms with Gasteiger partial charge in [0.1, 0.15) is 5.75 Å². The molecule has 0 saturated heterocycles. The SMILES string of the molecule is Nc1cnccc1NCc1cc(Br)cc2c1OCC2. The smallest absolute Gasteiger partial charge is 0.127 e. The highest BCUT2D eigenvalue weighted by Gasteiger charge is 2.17. The highest BCUT2D eigenvalue weighted by Crippen LogP contribution is 2.33. The molecule has 1 aliphatic rings. The summed E-state index contributed by atoms with van der Waals surface area (Å²) >= 11 is 3.54. The van der Waals surface area contributed by atoms with Crippen molar-refractivity contribution in [3.05, 3.63) is 46.2 Å². The molecule has 0 radical (unpaired) electrons. The van der Waals surface area contributed by atoms with Gasteiger partial charge in [0.2, 0.25) is 0 Å². The molecule has 1 aromatic heterocycles. The third kappa shape index (κ3) is 2.51. The molecule has 0 amide bonds. The maximum Gasteiger partial charge on any atom is 0.127 e. The number of hydrogen-bond donors (Lipinski definition) is 2. The van der Waals surface area contributed by atoms with E-state index in [1.54, 1.807) is 12.4 Å². The zero-order valence-corrected chi connectivity index (χ0v) is 11.9. The second kappa shape index (κ2) is 5.09. The highest BCUT2D eigenvalue weighted by molar-refractivity contribution is 9.10. The fourth-order valence-electron chi connectivity index (χ4n) is 2.24. The minimum Gasteiger partial charge on any atom is -0.493 e. The third-order valence-electron chi connectivity index (χ3n) is 3.15. The van der Waals surface area contributed by atoms with Crippen molar-refractivity contribution in [3.63, 3.8) is 0 Å². The molecule has 0 spiro atoms. The van der Waals surface area contributed by atoms with Crippen LogP contribution >= 0.6 is 15.9 Å². The first kappa shape index (κ1) is 12.3. The van der Waals surface area contributed by atoms with Crippen molar-refractivity contribution >= 4 is 27.3 Å². The van der Waals surface area contributed by atoms with Crippen LogP contribution in [0.15, 0.2) is 35.1 Å². The number of nitrogens with one attached hydrogen (secondary N) is 1. The molecule has 98 valence electrons. The molecule has 0 aliphatic carbocycles. The number of ether oxygens (including phenoxy) is 1.